The van der Waals surface area contributed by atoms with E-state index in [9.17, 15) is 14.4 Å². The number of ether oxygens (including phenoxy) is 1. The molecule has 0 saturated carbocycles. The van der Waals surface area contributed by atoms with Crippen molar-refractivity contribution in [2.24, 2.45) is 0 Å². The number of fused-ring (bicyclic) bond motifs is 1. The van der Waals surface area contributed by atoms with Crippen LogP contribution >= 0.6 is 15.9 Å². The fraction of sp³-hybridized carbons (Fsp3) is 0.409. The van der Waals surface area contributed by atoms with Crippen LogP contribution in [0.3, 0.4) is 0 Å². The fourth-order valence-electron chi connectivity index (χ4n) is 4.05. The third-order valence-electron chi connectivity index (χ3n) is 5.65. The molecule has 4 rings (SSSR count). The number of hydrogen-bond donors (Lipinski definition) is 1. The molecule has 1 N–H and O–H groups in total. The highest BCUT2D eigenvalue weighted by atomic mass is 79.9. The molecule has 2 fully saturated rings. The third kappa shape index (κ3) is 4.52. The summed E-state index contributed by atoms with van der Waals surface area (Å²) in [7, 11) is 0. The molecule has 0 aliphatic carbocycles. The normalized spacial score (nSPS) is 19.2. The molecule has 2 saturated heterocycles. The molecule has 0 spiro atoms. The van der Waals surface area contributed by atoms with Crippen LogP contribution in [0, 0.1) is 0 Å². The number of aromatic nitrogens is 1. The van der Waals surface area contributed by atoms with E-state index in [1.54, 1.807) is 20.6 Å². The van der Waals surface area contributed by atoms with Crippen molar-refractivity contribution in [3.05, 3.63) is 47.1 Å². The highest BCUT2D eigenvalue weighted by Crippen LogP contribution is 2.27. The summed E-state index contributed by atoms with van der Waals surface area (Å²) in [4.78, 5) is 40.8. The molecule has 0 radical (unpaired) electrons. The van der Waals surface area contributed by atoms with Crippen LogP contribution in [0.25, 0.3) is 10.9 Å². The molecule has 2 aliphatic rings. The Morgan fingerprint density at radius 1 is 1.26 bits per heavy atom. The number of nitrogens with zero attached hydrogens (tertiary/aromatic N) is 3. The van der Waals surface area contributed by atoms with Crippen LogP contribution in [0.2, 0.25) is 0 Å². The van der Waals surface area contributed by atoms with Gasteiger partial charge in [0.25, 0.3) is 5.91 Å². The minimum absolute atomic E-state index is 0.00132. The van der Waals surface area contributed by atoms with Crippen molar-refractivity contribution < 1.29 is 19.1 Å². The summed E-state index contributed by atoms with van der Waals surface area (Å²) in [5, 5.41) is 3.75. The number of halogens is 1. The van der Waals surface area contributed by atoms with E-state index in [0.29, 0.717) is 38.3 Å². The SMILES string of the molecule is C=CC(=O)N1CC(NC(=O)Cn2cc(C(=O)N3CCO[C@@H](C)C3)c3cc(Br)ccc32)C1. The van der Waals surface area contributed by atoms with Gasteiger partial charge in [-0.2, -0.15) is 0 Å². The van der Waals surface area contributed by atoms with E-state index in [-0.39, 0.29) is 36.4 Å². The Kier molecular flexibility index (Phi) is 6.15. The highest BCUT2D eigenvalue weighted by molar-refractivity contribution is 9.10. The van der Waals surface area contributed by atoms with E-state index >= 15 is 0 Å². The summed E-state index contributed by atoms with van der Waals surface area (Å²) in [6.07, 6.45) is 3.03. The molecular formula is C22H25BrN4O4. The Labute approximate surface area is 188 Å². The largest absolute Gasteiger partial charge is 0.375 e. The number of nitrogens with one attached hydrogen (secondary N) is 1. The standard InChI is InChI=1S/C22H25BrN4O4/c1-3-21(29)27-10-16(11-27)24-20(28)13-26-12-18(17-8-15(23)4-5-19(17)26)22(30)25-6-7-31-14(2)9-25/h3-5,8,12,14,16H,1,6-7,9-11,13H2,2H3,(H,24,28)/t14-/m0/s1. The molecule has 1 aromatic carbocycles. The summed E-state index contributed by atoms with van der Waals surface area (Å²) in [5.74, 6) is -0.349. The molecule has 31 heavy (non-hydrogen) atoms. The van der Waals surface area contributed by atoms with E-state index in [4.69, 9.17) is 4.74 Å². The first-order chi connectivity index (χ1) is 14.9. The third-order valence-corrected chi connectivity index (χ3v) is 6.14. The molecular weight excluding hydrogens is 464 g/mol. The van der Waals surface area contributed by atoms with Gasteiger partial charge < -0.3 is 24.4 Å². The van der Waals surface area contributed by atoms with Crippen LogP contribution in [0.1, 0.15) is 17.3 Å². The summed E-state index contributed by atoms with van der Waals surface area (Å²) in [5.41, 5.74) is 1.39. The van der Waals surface area contributed by atoms with Crippen LogP contribution in [-0.4, -0.2) is 77.0 Å². The molecule has 3 amide bonds. The van der Waals surface area contributed by atoms with Crippen LogP contribution in [0.15, 0.2) is 41.5 Å². The van der Waals surface area contributed by atoms with Gasteiger partial charge in [0.1, 0.15) is 6.54 Å². The maximum Gasteiger partial charge on any atom is 0.256 e. The minimum atomic E-state index is -0.158. The molecule has 9 heteroatoms. The van der Waals surface area contributed by atoms with Crippen molar-refractivity contribution in [2.75, 3.05) is 32.8 Å². The monoisotopic (exact) mass is 488 g/mol. The van der Waals surface area contributed by atoms with E-state index in [1.807, 2.05) is 25.1 Å². The van der Waals surface area contributed by atoms with E-state index < -0.39 is 0 Å². The first kappa shape index (κ1) is 21.6. The second-order valence-electron chi connectivity index (χ2n) is 7.98. The molecule has 164 valence electrons. The zero-order chi connectivity index (χ0) is 22.1. The molecule has 3 heterocycles. The van der Waals surface area contributed by atoms with Gasteiger partial charge in [-0.25, -0.2) is 0 Å². The lowest BCUT2D eigenvalue weighted by molar-refractivity contribution is -0.133. The van der Waals surface area contributed by atoms with Gasteiger partial charge in [-0.3, -0.25) is 14.4 Å². The van der Waals surface area contributed by atoms with Gasteiger partial charge in [0, 0.05) is 47.8 Å². The van der Waals surface area contributed by atoms with Crippen molar-refractivity contribution in [3.8, 4) is 0 Å². The van der Waals surface area contributed by atoms with Gasteiger partial charge in [0.2, 0.25) is 11.8 Å². The second kappa shape index (κ2) is 8.84. The Morgan fingerprint density at radius 3 is 2.74 bits per heavy atom. The lowest BCUT2D eigenvalue weighted by Gasteiger charge is -2.38. The lowest BCUT2D eigenvalue weighted by Crippen LogP contribution is -2.61. The van der Waals surface area contributed by atoms with Crippen molar-refractivity contribution in [3.63, 3.8) is 0 Å². The Morgan fingerprint density at radius 2 is 2.03 bits per heavy atom. The molecule has 8 nitrogen and oxygen atoms in total. The van der Waals surface area contributed by atoms with E-state index in [1.165, 1.54) is 6.08 Å². The number of carbonyl (C=O) groups is 3. The summed E-state index contributed by atoms with van der Waals surface area (Å²) in [6, 6.07) is 5.64. The summed E-state index contributed by atoms with van der Waals surface area (Å²) in [6.45, 7) is 8.09. The topological polar surface area (TPSA) is 83.9 Å². The Hall–Kier alpha value is -2.65. The number of carbonyl (C=O) groups excluding carboxylic acids is 3. The molecule has 2 aromatic rings. The van der Waals surface area contributed by atoms with Crippen LogP contribution in [-0.2, 0) is 20.9 Å². The van der Waals surface area contributed by atoms with Crippen LogP contribution in [0.4, 0.5) is 0 Å². The van der Waals surface area contributed by atoms with Gasteiger partial charge in [-0.05, 0) is 31.2 Å². The predicted octanol–water partition coefficient (Wildman–Crippen LogP) is 1.78. The molecule has 0 bridgehead atoms. The van der Waals surface area contributed by atoms with E-state index in [0.717, 1.165) is 15.4 Å². The number of hydrogen-bond acceptors (Lipinski definition) is 4. The number of amides is 3. The van der Waals surface area contributed by atoms with Crippen molar-refractivity contribution in [2.45, 2.75) is 25.6 Å². The van der Waals surface area contributed by atoms with Crippen LogP contribution in [0.5, 0.6) is 0 Å². The zero-order valence-electron chi connectivity index (χ0n) is 17.3. The smallest absolute Gasteiger partial charge is 0.256 e. The van der Waals surface area contributed by atoms with Crippen molar-refractivity contribution in [1.29, 1.82) is 0 Å². The molecule has 0 unspecified atom stereocenters. The minimum Gasteiger partial charge on any atom is -0.375 e. The maximum absolute atomic E-state index is 13.2. The van der Waals surface area contributed by atoms with Crippen molar-refractivity contribution >= 4 is 44.6 Å². The highest BCUT2D eigenvalue weighted by Gasteiger charge is 2.31. The Bertz CT molecular complexity index is 1040. The summed E-state index contributed by atoms with van der Waals surface area (Å²) >= 11 is 3.48. The van der Waals surface area contributed by atoms with Gasteiger partial charge in [0.05, 0.1) is 24.3 Å². The first-order valence-corrected chi connectivity index (χ1v) is 11.0. The zero-order valence-corrected chi connectivity index (χ0v) is 18.9. The van der Waals surface area contributed by atoms with Gasteiger partial charge in [-0.1, -0.05) is 22.5 Å². The fourth-order valence-corrected chi connectivity index (χ4v) is 4.41. The molecule has 1 atom stereocenters. The maximum atomic E-state index is 13.2. The Balaban J connectivity index is 1.50. The molecule has 1 aromatic heterocycles. The number of benzene rings is 1. The molecule has 2 aliphatic heterocycles. The average molecular weight is 489 g/mol. The number of rotatable bonds is 5. The second-order valence-corrected chi connectivity index (χ2v) is 8.89. The van der Waals surface area contributed by atoms with Gasteiger partial charge in [0.15, 0.2) is 0 Å². The van der Waals surface area contributed by atoms with Gasteiger partial charge in [-0.15, -0.1) is 0 Å². The predicted molar refractivity (Wildman–Crippen MR) is 120 cm³/mol. The average Bonchev–Trinajstić information content (AvgIpc) is 3.06. The quantitative estimate of drug-likeness (QED) is 0.650. The summed E-state index contributed by atoms with van der Waals surface area (Å²) < 4.78 is 8.23. The van der Waals surface area contributed by atoms with E-state index in [2.05, 4.69) is 27.8 Å². The number of morpholine rings is 1. The lowest BCUT2D eigenvalue weighted by atomic mass is 10.1. The van der Waals surface area contributed by atoms with Gasteiger partial charge >= 0.3 is 0 Å². The first-order valence-electron chi connectivity index (χ1n) is 10.3. The van der Waals surface area contributed by atoms with Crippen LogP contribution < -0.4 is 5.32 Å². The number of likely N-dealkylation sites (tertiary alicyclic amines) is 1. The van der Waals surface area contributed by atoms with Crippen molar-refractivity contribution in [1.82, 2.24) is 19.7 Å².